The Hall–Kier alpha value is -4.08. The van der Waals surface area contributed by atoms with Crippen LogP contribution >= 0.6 is 27.7 Å². The number of fused-ring (bicyclic) bond motifs is 1. The lowest BCUT2D eigenvalue weighted by Crippen LogP contribution is -2.36. The predicted octanol–water partition coefficient (Wildman–Crippen LogP) is 7.48. The lowest BCUT2D eigenvalue weighted by atomic mass is 10.1. The van der Waals surface area contributed by atoms with E-state index in [0.29, 0.717) is 33.8 Å². The minimum Gasteiger partial charge on any atom is -0.493 e. The fourth-order valence-electron chi connectivity index (χ4n) is 4.65. The first-order chi connectivity index (χ1) is 19.7. The number of nitrogens with zero attached hydrogens (tertiary/aromatic N) is 1. The number of aryl methyl sites for hydroxylation is 2. The zero-order chi connectivity index (χ0) is 29.1. The Kier molecular flexibility index (Phi) is 8.46. The number of benzene rings is 4. The van der Waals surface area contributed by atoms with Crippen molar-refractivity contribution in [3.8, 4) is 11.5 Å². The maximum atomic E-state index is 13.1. The van der Waals surface area contributed by atoms with Crippen molar-refractivity contribution in [1.29, 1.82) is 0 Å². The molecule has 5 rings (SSSR count). The van der Waals surface area contributed by atoms with Gasteiger partial charge in [0.15, 0.2) is 11.5 Å². The second kappa shape index (κ2) is 12.2. The topological polar surface area (TPSA) is 84.9 Å². The summed E-state index contributed by atoms with van der Waals surface area (Å²) in [5.41, 5.74) is 4.15. The lowest BCUT2D eigenvalue weighted by Gasteiger charge is -2.15. The van der Waals surface area contributed by atoms with E-state index < -0.39 is 17.1 Å². The van der Waals surface area contributed by atoms with Crippen LogP contribution in [-0.2, 0) is 16.2 Å². The van der Waals surface area contributed by atoms with E-state index in [1.54, 1.807) is 25.3 Å². The van der Waals surface area contributed by atoms with Crippen molar-refractivity contribution in [2.24, 2.45) is 0 Å². The summed E-state index contributed by atoms with van der Waals surface area (Å²) < 4.78 is 12.4. The van der Waals surface area contributed by atoms with E-state index >= 15 is 0 Å². The summed E-state index contributed by atoms with van der Waals surface area (Å²) in [5, 5.41) is 4.56. The fourth-order valence-corrected chi connectivity index (χ4v) is 6.07. The molecule has 4 aromatic carbocycles. The van der Waals surface area contributed by atoms with Gasteiger partial charge in [-0.05, 0) is 92.8 Å². The third-order valence-electron chi connectivity index (χ3n) is 6.72. The van der Waals surface area contributed by atoms with Crippen molar-refractivity contribution < 1.29 is 23.9 Å². The molecule has 0 radical (unpaired) electrons. The van der Waals surface area contributed by atoms with Crippen molar-refractivity contribution in [2.75, 3.05) is 19.0 Å². The Balaban J connectivity index is 1.31. The van der Waals surface area contributed by atoms with Crippen LogP contribution in [0.3, 0.4) is 0 Å². The summed E-state index contributed by atoms with van der Waals surface area (Å²) in [6.45, 7) is 3.73. The van der Waals surface area contributed by atoms with Gasteiger partial charge in [-0.2, -0.15) is 0 Å². The molecule has 0 bridgehead atoms. The van der Waals surface area contributed by atoms with E-state index in [1.807, 2.05) is 56.3 Å². The molecular formula is C32H27BrN2O5S. The molecule has 1 fully saturated rings. The third-order valence-corrected chi connectivity index (χ3v) is 8.22. The van der Waals surface area contributed by atoms with E-state index in [-0.39, 0.29) is 11.4 Å². The number of para-hydroxylation sites is 1. The van der Waals surface area contributed by atoms with Gasteiger partial charge in [-0.3, -0.25) is 19.3 Å². The van der Waals surface area contributed by atoms with Crippen molar-refractivity contribution in [3.05, 3.63) is 104 Å². The number of carbonyl (C=O) groups is 3. The van der Waals surface area contributed by atoms with Crippen LogP contribution in [0.15, 0.2) is 82.2 Å². The number of hydrogen-bond acceptors (Lipinski definition) is 6. The highest BCUT2D eigenvalue weighted by Crippen LogP contribution is 2.40. The van der Waals surface area contributed by atoms with Crippen LogP contribution in [0, 0.1) is 13.8 Å². The average Bonchev–Trinajstić information content (AvgIpc) is 3.21. The molecule has 0 aromatic heterocycles. The highest BCUT2D eigenvalue weighted by Gasteiger charge is 2.36. The molecule has 0 unspecified atom stereocenters. The number of rotatable bonds is 8. The van der Waals surface area contributed by atoms with Gasteiger partial charge in [0, 0.05) is 5.69 Å². The summed E-state index contributed by atoms with van der Waals surface area (Å²) in [5.74, 6) is 0.0259. The number of nitrogens with one attached hydrogen (secondary N) is 1. The zero-order valence-corrected chi connectivity index (χ0v) is 25.1. The largest absolute Gasteiger partial charge is 0.493 e. The molecule has 0 spiro atoms. The Labute approximate surface area is 250 Å². The minimum atomic E-state index is -0.525. The van der Waals surface area contributed by atoms with Gasteiger partial charge in [0.2, 0.25) is 5.91 Å². The first-order valence-corrected chi connectivity index (χ1v) is 14.4. The van der Waals surface area contributed by atoms with Gasteiger partial charge >= 0.3 is 0 Å². The molecule has 41 heavy (non-hydrogen) atoms. The van der Waals surface area contributed by atoms with E-state index in [9.17, 15) is 14.4 Å². The third kappa shape index (κ3) is 6.16. The molecular weight excluding hydrogens is 604 g/mol. The second-order valence-corrected chi connectivity index (χ2v) is 11.4. The number of hydrogen-bond donors (Lipinski definition) is 1. The number of carbonyl (C=O) groups excluding carboxylic acids is 3. The Bertz CT molecular complexity index is 1690. The molecule has 3 amide bonds. The van der Waals surface area contributed by atoms with Gasteiger partial charge in [-0.15, -0.1) is 0 Å². The molecule has 1 aliphatic heterocycles. The molecule has 9 heteroatoms. The number of halogens is 1. The van der Waals surface area contributed by atoms with Crippen LogP contribution in [0.5, 0.6) is 11.5 Å². The van der Waals surface area contributed by atoms with E-state index in [1.165, 1.54) is 0 Å². The maximum absolute atomic E-state index is 13.1. The second-order valence-electron chi connectivity index (χ2n) is 9.54. The van der Waals surface area contributed by atoms with Crippen LogP contribution in [-0.4, -0.2) is 35.6 Å². The van der Waals surface area contributed by atoms with E-state index in [2.05, 4.69) is 39.4 Å². The van der Waals surface area contributed by atoms with Crippen molar-refractivity contribution >= 4 is 67.3 Å². The average molecular weight is 632 g/mol. The Morgan fingerprint density at radius 3 is 2.46 bits per heavy atom. The lowest BCUT2D eigenvalue weighted by molar-refractivity contribution is -0.127. The molecule has 1 saturated heterocycles. The van der Waals surface area contributed by atoms with Crippen molar-refractivity contribution in [2.45, 2.75) is 20.5 Å². The quantitative estimate of drug-likeness (QED) is 0.203. The summed E-state index contributed by atoms with van der Waals surface area (Å²) in [6, 6.07) is 23.4. The molecule has 0 atom stereocenters. The minimum absolute atomic E-state index is 0.216. The summed E-state index contributed by atoms with van der Waals surface area (Å²) >= 11 is 4.36. The van der Waals surface area contributed by atoms with Crippen LogP contribution in [0.4, 0.5) is 10.5 Å². The fraction of sp³-hybridized carbons (Fsp3) is 0.156. The molecule has 0 saturated carbocycles. The van der Waals surface area contributed by atoms with Gasteiger partial charge in [0.05, 0.1) is 16.5 Å². The van der Waals surface area contributed by atoms with Gasteiger partial charge < -0.3 is 14.8 Å². The molecule has 208 valence electrons. The number of thioether (sulfide) groups is 1. The highest BCUT2D eigenvalue weighted by atomic mass is 79.9. The van der Waals surface area contributed by atoms with E-state index in [4.69, 9.17) is 9.47 Å². The molecule has 7 nitrogen and oxygen atoms in total. The molecule has 4 aromatic rings. The van der Waals surface area contributed by atoms with E-state index in [0.717, 1.165) is 44.1 Å². The molecule has 0 aliphatic carbocycles. The monoisotopic (exact) mass is 630 g/mol. The Morgan fingerprint density at radius 1 is 1.00 bits per heavy atom. The van der Waals surface area contributed by atoms with Crippen LogP contribution in [0.25, 0.3) is 16.8 Å². The van der Waals surface area contributed by atoms with Crippen molar-refractivity contribution in [3.63, 3.8) is 0 Å². The first kappa shape index (κ1) is 28.4. The number of amides is 3. The highest BCUT2D eigenvalue weighted by molar-refractivity contribution is 9.10. The number of methoxy groups -OCH3 is 1. The normalized spacial score (nSPS) is 14.1. The smallest absolute Gasteiger partial charge is 0.294 e. The molecule has 1 heterocycles. The number of imide groups is 1. The Morgan fingerprint density at radius 2 is 1.71 bits per heavy atom. The SMILES string of the molecule is COc1cc(/C=C2/SC(=O)N(CC(=O)Nc3c(C)cccc3C)C2=O)cc(Br)c1OCc1cccc2ccccc12. The van der Waals surface area contributed by atoms with Crippen LogP contribution in [0.1, 0.15) is 22.3 Å². The summed E-state index contributed by atoms with van der Waals surface area (Å²) in [7, 11) is 1.54. The first-order valence-electron chi connectivity index (χ1n) is 12.8. The number of ether oxygens (including phenoxy) is 2. The number of anilines is 1. The molecule has 1 N–H and O–H groups in total. The predicted molar refractivity (Wildman–Crippen MR) is 166 cm³/mol. The van der Waals surface area contributed by atoms with Crippen molar-refractivity contribution in [1.82, 2.24) is 4.90 Å². The zero-order valence-electron chi connectivity index (χ0n) is 22.7. The maximum Gasteiger partial charge on any atom is 0.294 e. The summed E-state index contributed by atoms with van der Waals surface area (Å²) in [6.07, 6.45) is 1.61. The molecule has 1 aliphatic rings. The van der Waals surface area contributed by atoms with Gasteiger partial charge in [-0.25, -0.2) is 0 Å². The standard InChI is InChI=1S/C32H27BrN2O5S/c1-19-8-6-9-20(2)29(19)34-28(36)17-35-31(37)27(41-32(35)38)16-21-14-25(33)30(26(15-21)39-3)40-18-23-12-7-11-22-10-4-5-13-24(22)23/h4-16H,17-18H2,1-3H3,(H,34,36)/b27-16+. The summed E-state index contributed by atoms with van der Waals surface area (Å²) in [4.78, 5) is 39.6. The van der Waals surface area contributed by atoms with Crippen LogP contribution in [0.2, 0.25) is 0 Å². The van der Waals surface area contributed by atoms with Crippen LogP contribution < -0.4 is 14.8 Å². The van der Waals surface area contributed by atoms with Gasteiger partial charge in [0.25, 0.3) is 11.1 Å². The van der Waals surface area contributed by atoms with Gasteiger partial charge in [-0.1, -0.05) is 60.7 Å². The van der Waals surface area contributed by atoms with Gasteiger partial charge in [0.1, 0.15) is 13.2 Å².